The topological polar surface area (TPSA) is 47.9 Å². The van der Waals surface area contributed by atoms with Crippen molar-refractivity contribution in [2.75, 3.05) is 0 Å². The molecule has 0 amide bonds. The second-order valence-electron chi connectivity index (χ2n) is 9.59. The highest BCUT2D eigenvalue weighted by atomic mass is 28.5. The van der Waals surface area contributed by atoms with Gasteiger partial charge in [0.15, 0.2) is 16.6 Å². The maximum absolute atomic E-state index is 9.64. The molecule has 0 aliphatic heterocycles. The van der Waals surface area contributed by atoms with Crippen molar-refractivity contribution in [3.8, 4) is 5.75 Å². The minimum absolute atomic E-state index is 0.328. The zero-order chi connectivity index (χ0) is 20.2. The highest BCUT2D eigenvalue weighted by Crippen LogP contribution is 2.28. The van der Waals surface area contributed by atoms with E-state index in [2.05, 4.69) is 65.0 Å². The van der Waals surface area contributed by atoms with Crippen molar-refractivity contribution in [2.45, 2.75) is 77.8 Å². The van der Waals surface area contributed by atoms with Crippen LogP contribution in [0, 0.1) is 0 Å². The molecule has 0 aliphatic carbocycles. The number of phenols is 1. The molecule has 1 aromatic carbocycles. The third-order valence-electron chi connectivity index (χ3n) is 3.54. The minimum atomic E-state index is -2.33. The molecule has 0 aliphatic rings. The predicted octanol–water partition coefficient (Wildman–Crippen LogP) is 5.82. The van der Waals surface area contributed by atoms with Crippen LogP contribution >= 0.6 is 0 Å². The average molecular weight is 431 g/mol. The van der Waals surface area contributed by atoms with Crippen LogP contribution in [-0.4, -0.2) is 38.9 Å². The number of rotatable bonds is 10. The lowest BCUT2D eigenvalue weighted by atomic mass is 10.1. The normalized spacial score (nSPS) is 15.7. The summed E-state index contributed by atoms with van der Waals surface area (Å²) in [5.74, 6) is 0.328. The van der Waals surface area contributed by atoms with Crippen molar-refractivity contribution in [3.05, 3.63) is 29.8 Å². The van der Waals surface area contributed by atoms with Gasteiger partial charge in [-0.3, -0.25) is 0 Å². The lowest BCUT2D eigenvalue weighted by Gasteiger charge is -2.41. The molecular weight excluding hydrogens is 393 g/mol. The van der Waals surface area contributed by atoms with Crippen molar-refractivity contribution in [2.24, 2.45) is 0 Å². The molecule has 26 heavy (non-hydrogen) atoms. The number of aryl methyl sites for hydroxylation is 1. The van der Waals surface area contributed by atoms with Crippen LogP contribution in [0.4, 0.5) is 0 Å². The van der Waals surface area contributed by atoms with Crippen LogP contribution in [-0.2, 0) is 18.8 Å². The van der Waals surface area contributed by atoms with Crippen LogP contribution in [0.2, 0.25) is 65.0 Å². The van der Waals surface area contributed by atoms with E-state index in [0.29, 0.717) is 5.75 Å². The molecule has 1 atom stereocenters. The van der Waals surface area contributed by atoms with E-state index in [1.807, 2.05) is 12.1 Å². The van der Waals surface area contributed by atoms with E-state index >= 15 is 0 Å². The van der Waals surface area contributed by atoms with E-state index in [-0.39, 0.29) is 0 Å². The summed E-state index contributed by atoms with van der Waals surface area (Å²) in [7, 11) is -7.93. The quantitative estimate of drug-likeness (QED) is 0.475. The predicted molar refractivity (Wildman–Crippen MR) is 120 cm³/mol. The lowest BCUT2D eigenvalue weighted by Crippen LogP contribution is -2.56. The number of benzene rings is 1. The van der Waals surface area contributed by atoms with Crippen LogP contribution in [0.15, 0.2) is 24.3 Å². The molecule has 0 bridgehead atoms. The number of hydrogen-bond acceptors (Lipinski definition) is 4. The van der Waals surface area contributed by atoms with Gasteiger partial charge in [-0.2, -0.15) is 0 Å². The van der Waals surface area contributed by atoms with E-state index in [1.165, 1.54) is 0 Å². The van der Waals surface area contributed by atoms with E-state index in [0.717, 1.165) is 24.4 Å². The maximum atomic E-state index is 9.64. The van der Waals surface area contributed by atoms with Gasteiger partial charge < -0.3 is 17.5 Å². The molecule has 0 saturated carbocycles. The number of phenolic OH excluding ortho intramolecular Hbond substituents is 1. The smallest absolute Gasteiger partial charge is 0.315 e. The molecule has 0 heterocycles. The summed E-state index contributed by atoms with van der Waals surface area (Å²) in [6.07, 6.45) is 1.92. The SMILES string of the molecule is C[Si](C)(C)O[Si](C)(C)O[Si](C)(CCCc1cccc(O)c1)O[Si](C)(C)C. The van der Waals surface area contributed by atoms with Crippen molar-refractivity contribution >= 4 is 33.8 Å². The Hall–Kier alpha value is -0.232. The van der Waals surface area contributed by atoms with Crippen molar-refractivity contribution < 1.29 is 17.5 Å². The van der Waals surface area contributed by atoms with Gasteiger partial charge in [-0.05, 0) is 95.5 Å². The second kappa shape index (κ2) is 8.85. The van der Waals surface area contributed by atoms with Gasteiger partial charge in [-0.25, -0.2) is 0 Å². The fourth-order valence-corrected chi connectivity index (χ4v) is 21.3. The van der Waals surface area contributed by atoms with Gasteiger partial charge in [-0.15, -0.1) is 0 Å². The Balaban J connectivity index is 2.82. The molecule has 150 valence electrons. The van der Waals surface area contributed by atoms with Gasteiger partial charge in [0.2, 0.25) is 0 Å². The molecule has 0 aromatic heterocycles. The van der Waals surface area contributed by atoms with Gasteiger partial charge >= 0.3 is 17.1 Å². The molecule has 4 nitrogen and oxygen atoms in total. The van der Waals surface area contributed by atoms with E-state index in [9.17, 15) is 5.11 Å². The van der Waals surface area contributed by atoms with Crippen LogP contribution in [0.5, 0.6) is 5.75 Å². The zero-order valence-electron chi connectivity index (χ0n) is 18.1. The Bertz CT molecular complexity index is 581. The highest BCUT2D eigenvalue weighted by molar-refractivity contribution is 6.89. The molecule has 0 saturated heterocycles. The summed E-state index contributed by atoms with van der Waals surface area (Å²) in [6, 6.07) is 8.45. The molecule has 0 radical (unpaired) electrons. The first-order valence-corrected chi connectivity index (χ1v) is 21.6. The van der Waals surface area contributed by atoms with Crippen LogP contribution < -0.4 is 0 Å². The Morgan fingerprint density at radius 1 is 0.808 bits per heavy atom. The Morgan fingerprint density at radius 2 is 1.38 bits per heavy atom. The highest BCUT2D eigenvalue weighted by Gasteiger charge is 2.44. The first-order valence-electron chi connectivity index (χ1n) is 9.48. The molecule has 1 aromatic rings. The first kappa shape index (κ1) is 23.8. The van der Waals surface area contributed by atoms with Gasteiger partial charge in [0, 0.05) is 0 Å². The second-order valence-corrected chi connectivity index (χ2v) is 26.1. The maximum Gasteiger partial charge on any atom is 0.315 e. The lowest BCUT2D eigenvalue weighted by molar-refractivity contribution is 0.322. The number of aromatic hydroxyl groups is 1. The Morgan fingerprint density at radius 3 is 1.88 bits per heavy atom. The zero-order valence-corrected chi connectivity index (χ0v) is 22.1. The third-order valence-corrected chi connectivity index (χ3v) is 17.1. The van der Waals surface area contributed by atoms with E-state index < -0.39 is 33.8 Å². The van der Waals surface area contributed by atoms with Gasteiger partial charge in [-0.1, -0.05) is 12.1 Å². The Kier molecular flexibility index (Phi) is 8.10. The molecule has 1 rings (SSSR count). The fourth-order valence-electron chi connectivity index (χ4n) is 3.37. The fraction of sp³-hybridized carbons (Fsp3) is 0.667. The standard InChI is InChI=1S/C18H38O4Si4/c1-23(2,3)20-25(7,8)22-26(9,21-24(4,5)6)15-11-13-17-12-10-14-18(19)16-17/h10,12,14,16,19H,11,13,15H2,1-9H3. The van der Waals surface area contributed by atoms with Crippen molar-refractivity contribution in [3.63, 3.8) is 0 Å². The van der Waals surface area contributed by atoms with Crippen molar-refractivity contribution in [1.82, 2.24) is 0 Å². The van der Waals surface area contributed by atoms with Gasteiger partial charge in [0.1, 0.15) is 5.75 Å². The van der Waals surface area contributed by atoms with E-state index in [4.69, 9.17) is 12.3 Å². The molecule has 0 spiro atoms. The van der Waals surface area contributed by atoms with Crippen LogP contribution in [0.25, 0.3) is 0 Å². The molecular formula is C18H38O4Si4. The van der Waals surface area contributed by atoms with Gasteiger partial charge in [0.05, 0.1) is 0 Å². The van der Waals surface area contributed by atoms with Gasteiger partial charge in [0.25, 0.3) is 0 Å². The summed E-state index contributed by atoms with van der Waals surface area (Å²) < 4.78 is 19.7. The third kappa shape index (κ3) is 10.2. The largest absolute Gasteiger partial charge is 0.508 e. The summed E-state index contributed by atoms with van der Waals surface area (Å²) >= 11 is 0. The van der Waals surface area contributed by atoms with E-state index in [1.54, 1.807) is 6.07 Å². The van der Waals surface area contributed by atoms with Crippen LogP contribution in [0.3, 0.4) is 0 Å². The summed E-state index contributed by atoms with van der Waals surface area (Å²) in [5, 5.41) is 9.64. The summed E-state index contributed by atoms with van der Waals surface area (Å²) in [4.78, 5) is 0. The Labute approximate surface area is 164 Å². The molecule has 0 fully saturated rings. The monoisotopic (exact) mass is 430 g/mol. The minimum Gasteiger partial charge on any atom is -0.508 e. The molecule has 8 heteroatoms. The van der Waals surface area contributed by atoms with Crippen molar-refractivity contribution in [1.29, 1.82) is 0 Å². The van der Waals surface area contributed by atoms with Crippen LogP contribution in [0.1, 0.15) is 12.0 Å². The first-order chi connectivity index (χ1) is 11.6. The number of hydrogen-bond donors (Lipinski definition) is 1. The summed E-state index contributed by atoms with van der Waals surface area (Å²) in [5.41, 5.74) is 1.16. The summed E-state index contributed by atoms with van der Waals surface area (Å²) in [6.45, 7) is 19.8. The molecule has 1 N–H and O–H groups in total. The molecule has 1 unspecified atom stereocenters. The average Bonchev–Trinajstić information content (AvgIpc) is 2.31.